The number of likely N-dealkylation sites (tertiary alicyclic amines) is 1. The van der Waals surface area contributed by atoms with Gasteiger partial charge in [0.25, 0.3) is 0 Å². The molecular formula is C16H27ClN2O. The topological polar surface area (TPSA) is 24.5 Å². The Hall–Kier alpha value is -0.770. The minimum absolute atomic E-state index is 0. The van der Waals surface area contributed by atoms with Gasteiger partial charge in [0.2, 0.25) is 0 Å². The molecule has 1 aromatic carbocycles. The second-order valence-corrected chi connectivity index (χ2v) is 5.58. The van der Waals surface area contributed by atoms with Crippen LogP contribution in [0.4, 0.5) is 0 Å². The van der Waals surface area contributed by atoms with Crippen molar-refractivity contribution in [2.75, 3.05) is 33.8 Å². The SMILES string of the molecule is CNCC1CCN(Cc2ccc(C)c(OC)c2)CC1.Cl. The summed E-state index contributed by atoms with van der Waals surface area (Å²) < 4.78 is 5.40. The number of nitrogens with zero attached hydrogens (tertiary/aromatic N) is 1. The average molecular weight is 299 g/mol. The highest BCUT2D eigenvalue weighted by Crippen LogP contribution is 2.22. The highest BCUT2D eigenvalue weighted by atomic mass is 35.5. The molecule has 1 aliphatic heterocycles. The molecule has 20 heavy (non-hydrogen) atoms. The van der Waals surface area contributed by atoms with Gasteiger partial charge in [-0.05, 0) is 69.6 Å². The van der Waals surface area contributed by atoms with Crippen LogP contribution < -0.4 is 10.1 Å². The Balaban J connectivity index is 0.00000200. The summed E-state index contributed by atoms with van der Waals surface area (Å²) in [5.41, 5.74) is 2.56. The molecule has 0 saturated carbocycles. The van der Waals surface area contributed by atoms with Gasteiger partial charge in [0.1, 0.15) is 5.75 Å². The van der Waals surface area contributed by atoms with E-state index in [0.717, 1.165) is 24.8 Å². The maximum absolute atomic E-state index is 5.40. The zero-order valence-electron chi connectivity index (χ0n) is 12.8. The van der Waals surface area contributed by atoms with Crippen LogP contribution in [-0.4, -0.2) is 38.7 Å². The van der Waals surface area contributed by atoms with Crippen LogP contribution in [0.25, 0.3) is 0 Å². The first-order valence-electron chi connectivity index (χ1n) is 7.23. The van der Waals surface area contributed by atoms with Crippen molar-refractivity contribution < 1.29 is 4.74 Å². The van der Waals surface area contributed by atoms with Gasteiger partial charge in [-0.1, -0.05) is 12.1 Å². The van der Waals surface area contributed by atoms with Crippen molar-refractivity contribution in [3.63, 3.8) is 0 Å². The van der Waals surface area contributed by atoms with Gasteiger partial charge in [0.15, 0.2) is 0 Å². The van der Waals surface area contributed by atoms with E-state index in [9.17, 15) is 0 Å². The van der Waals surface area contributed by atoms with E-state index in [-0.39, 0.29) is 12.4 Å². The molecule has 1 aromatic rings. The largest absolute Gasteiger partial charge is 0.496 e. The summed E-state index contributed by atoms with van der Waals surface area (Å²) in [7, 11) is 3.79. The molecule has 1 saturated heterocycles. The molecule has 0 atom stereocenters. The molecule has 3 nitrogen and oxygen atoms in total. The Labute approximate surface area is 129 Å². The molecule has 0 unspecified atom stereocenters. The van der Waals surface area contributed by atoms with Crippen LogP contribution in [-0.2, 0) is 6.54 Å². The lowest BCUT2D eigenvalue weighted by atomic mass is 9.96. The van der Waals surface area contributed by atoms with Crippen LogP contribution in [0.1, 0.15) is 24.0 Å². The maximum atomic E-state index is 5.40. The quantitative estimate of drug-likeness (QED) is 0.905. The zero-order valence-corrected chi connectivity index (χ0v) is 13.6. The standard InChI is InChI=1S/C16H26N2O.ClH/c1-13-4-5-15(10-16(13)19-3)12-18-8-6-14(7-9-18)11-17-2;/h4-5,10,14,17H,6-9,11-12H2,1-3H3;1H. The number of aryl methyl sites for hydroxylation is 1. The van der Waals surface area contributed by atoms with Gasteiger partial charge in [0, 0.05) is 6.54 Å². The van der Waals surface area contributed by atoms with Crippen molar-refractivity contribution in [1.29, 1.82) is 0 Å². The van der Waals surface area contributed by atoms with Gasteiger partial charge in [-0.2, -0.15) is 0 Å². The highest BCUT2D eigenvalue weighted by molar-refractivity contribution is 5.85. The predicted octanol–water partition coefficient (Wildman–Crippen LogP) is 2.86. The van der Waals surface area contributed by atoms with Gasteiger partial charge in [-0.25, -0.2) is 0 Å². The number of benzene rings is 1. The molecule has 1 fully saturated rings. The summed E-state index contributed by atoms with van der Waals surface area (Å²) in [5, 5.41) is 3.29. The molecule has 2 rings (SSSR count). The van der Waals surface area contributed by atoms with E-state index in [4.69, 9.17) is 4.74 Å². The maximum Gasteiger partial charge on any atom is 0.122 e. The molecule has 0 aromatic heterocycles. The molecule has 0 radical (unpaired) electrons. The second kappa shape index (κ2) is 8.50. The van der Waals surface area contributed by atoms with Crippen LogP contribution in [0.3, 0.4) is 0 Å². The van der Waals surface area contributed by atoms with Crippen LogP contribution in [0, 0.1) is 12.8 Å². The summed E-state index contributed by atoms with van der Waals surface area (Å²) in [6.07, 6.45) is 2.62. The molecular weight excluding hydrogens is 272 g/mol. The number of piperidine rings is 1. The third-order valence-electron chi connectivity index (χ3n) is 4.08. The Morgan fingerprint density at radius 1 is 1.30 bits per heavy atom. The van der Waals surface area contributed by atoms with Crippen molar-refractivity contribution >= 4 is 12.4 Å². The lowest BCUT2D eigenvalue weighted by Gasteiger charge is -2.32. The number of hydrogen-bond donors (Lipinski definition) is 1. The molecule has 114 valence electrons. The van der Waals surface area contributed by atoms with E-state index in [1.54, 1.807) is 7.11 Å². The second-order valence-electron chi connectivity index (χ2n) is 5.58. The van der Waals surface area contributed by atoms with E-state index in [2.05, 4.69) is 35.3 Å². The smallest absolute Gasteiger partial charge is 0.122 e. The molecule has 4 heteroatoms. The predicted molar refractivity (Wildman–Crippen MR) is 86.9 cm³/mol. The normalized spacial score (nSPS) is 16.8. The number of nitrogens with one attached hydrogen (secondary N) is 1. The fourth-order valence-electron chi connectivity index (χ4n) is 2.86. The summed E-state index contributed by atoms with van der Waals surface area (Å²) in [6, 6.07) is 6.55. The molecule has 0 aliphatic carbocycles. The van der Waals surface area contributed by atoms with Gasteiger partial charge in [0.05, 0.1) is 7.11 Å². The fraction of sp³-hybridized carbons (Fsp3) is 0.625. The van der Waals surface area contributed by atoms with E-state index >= 15 is 0 Å². The Morgan fingerprint density at radius 2 is 2.00 bits per heavy atom. The Morgan fingerprint density at radius 3 is 2.60 bits per heavy atom. The number of hydrogen-bond acceptors (Lipinski definition) is 3. The first-order chi connectivity index (χ1) is 9.22. The van der Waals surface area contributed by atoms with E-state index < -0.39 is 0 Å². The first-order valence-corrected chi connectivity index (χ1v) is 7.23. The molecule has 1 aliphatic rings. The van der Waals surface area contributed by atoms with Gasteiger partial charge in [-0.15, -0.1) is 12.4 Å². The number of ether oxygens (including phenoxy) is 1. The minimum Gasteiger partial charge on any atom is -0.496 e. The van der Waals surface area contributed by atoms with Crippen molar-refractivity contribution in [3.05, 3.63) is 29.3 Å². The fourth-order valence-corrected chi connectivity index (χ4v) is 2.86. The third-order valence-corrected chi connectivity index (χ3v) is 4.08. The Bertz CT molecular complexity index is 403. The number of methoxy groups -OCH3 is 1. The first kappa shape index (κ1) is 17.3. The molecule has 1 N–H and O–H groups in total. The van der Waals surface area contributed by atoms with E-state index in [0.29, 0.717) is 0 Å². The zero-order chi connectivity index (χ0) is 13.7. The van der Waals surface area contributed by atoms with Crippen molar-refractivity contribution in [1.82, 2.24) is 10.2 Å². The van der Waals surface area contributed by atoms with Gasteiger partial charge in [-0.3, -0.25) is 4.90 Å². The molecule has 0 bridgehead atoms. The van der Waals surface area contributed by atoms with Crippen molar-refractivity contribution in [2.45, 2.75) is 26.3 Å². The van der Waals surface area contributed by atoms with E-state index in [1.165, 1.54) is 37.1 Å². The highest BCUT2D eigenvalue weighted by Gasteiger charge is 2.18. The summed E-state index contributed by atoms with van der Waals surface area (Å²) in [5.74, 6) is 1.86. The Kier molecular flexibility index (Phi) is 7.35. The van der Waals surface area contributed by atoms with Crippen molar-refractivity contribution in [3.8, 4) is 5.75 Å². The summed E-state index contributed by atoms with van der Waals surface area (Å²) in [4.78, 5) is 2.55. The van der Waals surface area contributed by atoms with Crippen LogP contribution in [0.2, 0.25) is 0 Å². The van der Waals surface area contributed by atoms with Crippen molar-refractivity contribution in [2.24, 2.45) is 5.92 Å². The van der Waals surface area contributed by atoms with Crippen LogP contribution in [0.5, 0.6) is 5.75 Å². The lowest BCUT2D eigenvalue weighted by Crippen LogP contribution is -2.36. The summed E-state index contributed by atoms with van der Waals surface area (Å²) >= 11 is 0. The lowest BCUT2D eigenvalue weighted by molar-refractivity contribution is 0.176. The van der Waals surface area contributed by atoms with Gasteiger partial charge >= 0.3 is 0 Å². The monoisotopic (exact) mass is 298 g/mol. The van der Waals surface area contributed by atoms with Crippen LogP contribution in [0.15, 0.2) is 18.2 Å². The van der Waals surface area contributed by atoms with Crippen LogP contribution >= 0.6 is 12.4 Å². The molecule has 0 spiro atoms. The molecule has 1 heterocycles. The van der Waals surface area contributed by atoms with E-state index in [1.807, 2.05) is 7.05 Å². The number of halogens is 1. The average Bonchev–Trinajstić information content (AvgIpc) is 2.43. The minimum atomic E-state index is 0. The summed E-state index contributed by atoms with van der Waals surface area (Å²) in [6.45, 7) is 6.71. The van der Waals surface area contributed by atoms with Gasteiger partial charge < -0.3 is 10.1 Å². The number of rotatable bonds is 5. The third kappa shape index (κ3) is 4.65. The molecule has 0 amide bonds.